The first kappa shape index (κ1) is 13.0. The maximum absolute atomic E-state index is 9.29. The van der Waals surface area contributed by atoms with Gasteiger partial charge in [-0.3, -0.25) is 0 Å². The predicted octanol–water partition coefficient (Wildman–Crippen LogP) is 3.04. The lowest BCUT2D eigenvalue weighted by molar-refractivity contribution is 0.683. The van der Waals surface area contributed by atoms with Gasteiger partial charge in [0.05, 0.1) is 11.4 Å². The van der Waals surface area contributed by atoms with E-state index in [-0.39, 0.29) is 0 Å². The molecule has 1 aliphatic rings. The van der Waals surface area contributed by atoms with Crippen molar-refractivity contribution in [3.05, 3.63) is 27.4 Å². The maximum atomic E-state index is 9.29. The number of hydrogen-bond donors (Lipinski definition) is 1. The summed E-state index contributed by atoms with van der Waals surface area (Å²) in [5.74, 6) is 0.502. The molecule has 3 rings (SSSR count). The molecule has 102 valence electrons. The third-order valence-electron chi connectivity index (χ3n) is 3.64. The van der Waals surface area contributed by atoms with Crippen LogP contribution in [0.1, 0.15) is 40.2 Å². The highest BCUT2D eigenvalue weighted by Gasteiger charge is 2.17. The van der Waals surface area contributed by atoms with E-state index in [1.807, 2.05) is 13.8 Å². The standard InChI is InChI=1S/C14H15N5S/c1-8-9(2)18-19-13(10(8)7-15)17-14-16-11-5-3-4-6-12(11)20-14/h3-6H2,1-2H3,(H,16,17,19). The van der Waals surface area contributed by atoms with Gasteiger partial charge in [0.25, 0.3) is 0 Å². The minimum Gasteiger partial charge on any atom is -0.314 e. The Labute approximate surface area is 121 Å². The second-order valence-electron chi connectivity index (χ2n) is 4.97. The van der Waals surface area contributed by atoms with Crippen LogP contribution in [0.15, 0.2) is 0 Å². The molecule has 1 N–H and O–H groups in total. The number of thiazole rings is 1. The van der Waals surface area contributed by atoms with Gasteiger partial charge in [-0.25, -0.2) is 4.98 Å². The van der Waals surface area contributed by atoms with Crippen LogP contribution in [0.25, 0.3) is 0 Å². The number of nitrogens with one attached hydrogen (secondary N) is 1. The Bertz CT molecular complexity index is 675. The van der Waals surface area contributed by atoms with Gasteiger partial charge in [-0.15, -0.1) is 16.4 Å². The number of nitriles is 1. The summed E-state index contributed by atoms with van der Waals surface area (Å²) in [5.41, 5.74) is 3.39. The molecule has 0 aromatic carbocycles. The quantitative estimate of drug-likeness (QED) is 0.918. The highest BCUT2D eigenvalue weighted by Crippen LogP contribution is 2.31. The van der Waals surface area contributed by atoms with E-state index in [1.165, 1.54) is 23.4 Å². The van der Waals surface area contributed by atoms with Crippen LogP contribution in [0.3, 0.4) is 0 Å². The summed E-state index contributed by atoms with van der Waals surface area (Å²) in [6, 6.07) is 2.20. The Morgan fingerprint density at radius 2 is 2.00 bits per heavy atom. The van der Waals surface area contributed by atoms with Gasteiger partial charge >= 0.3 is 0 Å². The largest absolute Gasteiger partial charge is 0.314 e. The van der Waals surface area contributed by atoms with Crippen molar-refractivity contribution in [2.45, 2.75) is 39.5 Å². The molecule has 2 aromatic rings. The number of aromatic nitrogens is 3. The van der Waals surface area contributed by atoms with Gasteiger partial charge in [-0.1, -0.05) is 0 Å². The molecule has 0 radical (unpaired) electrons. The van der Waals surface area contributed by atoms with E-state index in [1.54, 1.807) is 11.3 Å². The summed E-state index contributed by atoms with van der Waals surface area (Å²) in [5, 5.41) is 21.4. The molecule has 0 bridgehead atoms. The second-order valence-corrected chi connectivity index (χ2v) is 6.05. The molecule has 0 spiro atoms. The lowest BCUT2D eigenvalue weighted by atomic mass is 10.0. The fourth-order valence-corrected chi connectivity index (χ4v) is 3.39. The van der Waals surface area contributed by atoms with Crippen LogP contribution in [0.4, 0.5) is 10.9 Å². The average molecular weight is 285 g/mol. The topological polar surface area (TPSA) is 74.5 Å². The number of hydrogen-bond acceptors (Lipinski definition) is 6. The molecular formula is C14H15N5S. The molecule has 0 amide bonds. The van der Waals surface area contributed by atoms with Crippen LogP contribution < -0.4 is 5.32 Å². The first-order valence-corrected chi connectivity index (χ1v) is 7.50. The number of nitrogens with zero attached hydrogens (tertiary/aromatic N) is 4. The van der Waals surface area contributed by atoms with Crippen molar-refractivity contribution in [1.82, 2.24) is 15.2 Å². The highest BCUT2D eigenvalue weighted by molar-refractivity contribution is 7.15. The van der Waals surface area contributed by atoms with Crippen LogP contribution >= 0.6 is 11.3 Å². The van der Waals surface area contributed by atoms with Crippen molar-refractivity contribution >= 4 is 22.3 Å². The van der Waals surface area contributed by atoms with Crippen molar-refractivity contribution in [2.75, 3.05) is 5.32 Å². The Morgan fingerprint density at radius 1 is 1.20 bits per heavy atom. The van der Waals surface area contributed by atoms with Gasteiger partial charge in [-0.2, -0.15) is 10.4 Å². The molecular weight excluding hydrogens is 270 g/mol. The van der Waals surface area contributed by atoms with E-state index >= 15 is 0 Å². The zero-order valence-electron chi connectivity index (χ0n) is 11.5. The summed E-state index contributed by atoms with van der Waals surface area (Å²) in [6.07, 6.45) is 4.61. The Morgan fingerprint density at radius 3 is 2.75 bits per heavy atom. The van der Waals surface area contributed by atoms with Crippen LogP contribution in [0.5, 0.6) is 0 Å². The third-order valence-corrected chi connectivity index (χ3v) is 4.71. The van der Waals surface area contributed by atoms with Gasteiger partial charge in [-0.05, 0) is 45.1 Å². The molecule has 20 heavy (non-hydrogen) atoms. The summed E-state index contributed by atoms with van der Waals surface area (Å²) >= 11 is 1.66. The minimum atomic E-state index is 0.502. The van der Waals surface area contributed by atoms with E-state index in [2.05, 4.69) is 26.6 Å². The van der Waals surface area contributed by atoms with Crippen LogP contribution in [0, 0.1) is 25.2 Å². The number of anilines is 2. The third kappa shape index (κ3) is 2.25. The predicted molar refractivity (Wildman–Crippen MR) is 78.3 cm³/mol. The maximum Gasteiger partial charge on any atom is 0.188 e. The molecule has 0 saturated carbocycles. The van der Waals surface area contributed by atoms with Crippen molar-refractivity contribution in [3.8, 4) is 6.07 Å². The van der Waals surface area contributed by atoms with Gasteiger partial charge < -0.3 is 5.32 Å². The van der Waals surface area contributed by atoms with E-state index < -0.39 is 0 Å². The van der Waals surface area contributed by atoms with E-state index in [4.69, 9.17) is 0 Å². The molecule has 0 fully saturated rings. The first-order valence-electron chi connectivity index (χ1n) is 6.68. The molecule has 0 aliphatic heterocycles. The molecule has 2 aromatic heterocycles. The lowest BCUT2D eigenvalue weighted by Gasteiger charge is -2.07. The van der Waals surface area contributed by atoms with Crippen molar-refractivity contribution in [2.24, 2.45) is 0 Å². The molecule has 6 heteroatoms. The molecule has 2 heterocycles. The van der Waals surface area contributed by atoms with Crippen LogP contribution in [-0.4, -0.2) is 15.2 Å². The van der Waals surface area contributed by atoms with Crippen molar-refractivity contribution in [3.63, 3.8) is 0 Å². The van der Waals surface area contributed by atoms with E-state index in [0.717, 1.165) is 29.2 Å². The van der Waals surface area contributed by atoms with Gasteiger partial charge in [0.15, 0.2) is 10.9 Å². The highest BCUT2D eigenvalue weighted by atomic mass is 32.1. The van der Waals surface area contributed by atoms with Gasteiger partial charge in [0, 0.05) is 4.88 Å². The summed E-state index contributed by atoms with van der Waals surface area (Å²) in [6.45, 7) is 3.75. The molecule has 1 aliphatic carbocycles. The van der Waals surface area contributed by atoms with Gasteiger partial charge in [0.1, 0.15) is 11.6 Å². The van der Waals surface area contributed by atoms with Crippen molar-refractivity contribution < 1.29 is 0 Å². The zero-order chi connectivity index (χ0) is 14.1. The van der Waals surface area contributed by atoms with Crippen LogP contribution in [-0.2, 0) is 12.8 Å². The summed E-state index contributed by atoms with van der Waals surface area (Å²) in [7, 11) is 0. The number of aryl methyl sites for hydroxylation is 3. The lowest BCUT2D eigenvalue weighted by Crippen LogP contribution is -2.03. The monoisotopic (exact) mass is 285 g/mol. The van der Waals surface area contributed by atoms with Crippen LogP contribution in [0.2, 0.25) is 0 Å². The smallest absolute Gasteiger partial charge is 0.188 e. The normalized spacial score (nSPS) is 13.7. The number of fused-ring (bicyclic) bond motifs is 1. The summed E-state index contributed by atoms with van der Waals surface area (Å²) in [4.78, 5) is 5.96. The fraction of sp³-hybridized carbons (Fsp3) is 0.429. The Kier molecular flexibility index (Phi) is 3.36. The molecule has 0 saturated heterocycles. The molecule has 0 atom stereocenters. The molecule has 5 nitrogen and oxygen atoms in total. The SMILES string of the molecule is Cc1nnc(Nc2nc3c(s2)CCCC3)c(C#N)c1C. The fourth-order valence-electron chi connectivity index (χ4n) is 2.34. The second kappa shape index (κ2) is 5.17. The van der Waals surface area contributed by atoms with Crippen molar-refractivity contribution in [1.29, 1.82) is 5.26 Å². The van der Waals surface area contributed by atoms with E-state index in [0.29, 0.717) is 11.4 Å². The van der Waals surface area contributed by atoms with Gasteiger partial charge in [0.2, 0.25) is 0 Å². The average Bonchev–Trinajstić information content (AvgIpc) is 2.85. The Hall–Kier alpha value is -2.00. The minimum absolute atomic E-state index is 0.502. The summed E-state index contributed by atoms with van der Waals surface area (Å²) < 4.78 is 0. The number of rotatable bonds is 2. The zero-order valence-corrected chi connectivity index (χ0v) is 12.3. The van der Waals surface area contributed by atoms with E-state index in [9.17, 15) is 5.26 Å². The first-order chi connectivity index (χ1) is 9.69. The Balaban J connectivity index is 1.94. The molecule has 0 unspecified atom stereocenters.